The maximum atomic E-state index is 6.00. The summed E-state index contributed by atoms with van der Waals surface area (Å²) in [7, 11) is 0. The Morgan fingerprint density at radius 3 is 3.06 bits per heavy atom. The molecule has 1 aromatic heterocycles. The number of aryl methyl sites for hydroxylation is 1. The van der Waals surface area contributed by atoms with Gasteiger partial charge in [0.2, 0.25) is 0 Å². The van der Waals surface area contributed by atoms with Crippen LogP contribution in [0.5, 0.6) is 0 Å². The number of nitrogens with two attached hydrogens (primary N) is 1. The lowest BCUT2D eigenvalue weighted by atomic mass is 9.98. The SMILES string of the molecule is Cc1csc(N2CCc3c(N)cccc3C2)n1. The summed E-state index contributed by atoms with van der Waals surface area (Å²) < 4.78 is 0. The Bertz CT molecular complexity index is 547. The molecule has 2 N–H and O–H groups in total. The van der Waals surface area contributed by atoms with Crippen LogP contribution in [0.25, 0.3) is 0 Å². The van der Waals surface area contributed by atoms with Gasteiger partial charge < -0.3 is 10.6 Å². The van der Waals surface area contributed by atoms with Crippen LogP contribution in [0.4, 0.5) is 10.8 Å². The van der Waals surface area contributed by atoms with Crippen molar-refractivity contribution in [2.45, 2.75) is 19.9 Å². The van der Waals surface area contributed by atoms with E-state index in [1.165, 1.54) is 11.1 Å². The summed E-state index contributed by atoms with van der Waals surface area (Å²) >= 11 is 1.72. The predicted octanol–water partition coefficient (Wildman–Crippen LogP) is 2.60. The van der Waals surface area contributed by atoms with E-state index in [4.69, 9.17) is 5.73 Å². The fraction of sp³-hybridized carbons (Fsp3) is 0.308. The molecule has 0 unspecified atom stereocenters. The molecule has 2 heterocycles. The van der Waals surface area contributed by atoms with Crippen LogP contribution < -0.4 is 10.6 Å². The van der Waals surface area contributed by atoms with Crippen LogP contribution in [-0.4, -0.2) is 11.5 Å². The van der Waals surface area contributed by atoms with Crippen LogP contribution in [0.2, 0.25) is 0 Å². The Morgan fingerprint density at radius 1 is 1.41 bits per heavy atom. The van der Waals surface area contributed by atoms with E-state index in [0.717, 1.165) is 36.0 Å². The number of thiazole rings is 1. The highest BCUT2D eigenvalue weighted by molar-refractivity contribution is 7.13. The zero-order valence-electron chi connectivity index (χ0n) is 9.81. The second kappa shape index (κ2) is 4.04. The van der Waals surface area contributed by atoms with Gasteiger partial charge in [-0.25, -0.2) is 4.98 Å². The van der Waals surface area contributed by atoms with Gasteiger partial charge in [-0.15, -0.1) is 11.3 Å². The summed E-state index contributed by atoms with van der Waals surface area (Å²) in [5.74, 6) is 0. The van der Waals surface area contributed by atoms with E-state index in [0.29, 0.717) is 0 Å². The summed E-state index contributed by atoms with van der Waals surface area (Å²) in [4.78, 5) is 6.88. The molecule has 3 rings (SSSR count). The lowest BCUT2D eigenvalue weighted by molar-refractivity contribution is 0.729. The van der Waals surface area contributed by atoms with E-state index in [9.17, 15) is 0 Å². The van der Waals surface area contributed by atoms with Gasteiger partial charge in [0.1, 0.15) is 0 Å². The van der Waals surface area contributed by atoms with Crippen molar-refractivity contribution < 1.29 is 0 Å². The second-order valence-electron chi connectivity index (χ2n) is 4.43. The van der Waals surface area contributed by atoms with E-state index >= 15 is 0 Å². The molecule has 0 atom stereocenters. The minimum absolute atomic E-state index is 0.924. The monoisotopic (exact) mass is 245 g/mol. The van der Waals surface area contributed by atoms with Gasteiger partial charge in [0.25, 0.3) is 0 Å². The largest absolute Gasteiger partial charge is 0.398 e. The van der Waals surface area contributed by atoms with E-state index in [1.54, 1.807) is 11.3 Å². The molecule has 0 saturated heterocycles. The smallest absolute Gasteiger partial charge is 0.185 e. The average Bonchev–Trinajstić information content (AvgIpc) is 2.76. The van der Waals surface area contributed by atoms with Crippen LogP contribution in [0.3, 0.4) is 0 Å². The Balaban J connectivity index is 1.90. The fourth-order valence-corrected chi connectivity index (χ4v) is 3.12. The molecule has 0 amide bonds. The molecule has 17 heavy (non-hydrogen) atoms. The summed E-state index contributed by atoms with van der Waals surface area (Å²) in [6, 6.07) is 6.19. The molecule has 2 aromatic rings. The van der Waals surface area contributed by atoms with Crippen molar-refractivity contribution in [3.63, 3.8) is 0 Å². The van der Waals surface area contributed by atoms with E-state index in [-0.39, 0.29) is 0 Å². The van der Waals surface area contributed by atoms with Gasteiger partial charge in [0.15, 0.2) is 5.13 Å². The molecule has 0 bridgehead atoms. The Labute approximate surface area is 105 Å². The molecule has 1 aliphatic rings. The van der Waals surface area contributed by atoms with Gasteiger partial charge in [-0.1, -0.05) is 12.1 Å². The molecule has 0 radical (unpaired) electrons. The zero-order valence-corrected chi connectivity index (χ0v) is 10.6. The number of nitrogen functional groups attached to an aromatic ring is 1. The molecule has 88 valence electrons. The maximum Gasteiger partial charge on any atom is 0.185 e. The minimum atomic E-state index is 0.924. The van der Waals surface area contributed by atoms with Gasteiger partial charge in [-0.05, 0) is 30.5 Å². The van der Waals surface area contributed by atoms with Crippen molar-refractivity contribution in [1.29, 1.82) is 0 Å². The third kappa shape index (κ3) is 1.89. The van der Waals surface area contributed by atoms with Crippen molar-refractivity contribution in [3.05, 3.63) is 40.4 Å². The third-order valence-corrected chi connectivity index (χ3v) is 4.20. The lowest BCUT2D eigenvalue weighted by Gasteiger charge is -2.29. The van der Waals surface area contributed by atoms with Gasteiger partial charge in [0.05, 0.1) is 5.69 Å². The molecule has 1 aliphatic heterocycles. The van der Waals surface area contributed by atoms with Gasteiger partial charge in [0, 0.05) is 24.2 Å². The number of fused-ring (bicyclic) bond motifs is 1. The molecular formula is C13H15N3S. The lowest BCUT2D eigenvalue weighted by Crippen LogP contribution is -2.30. The van der Waals surface area contributed by atoms with Crippen molar-refractivity contribution >= 4 is 22.2 Å². The second-order valence-corrected chi connectivity index (χ2v) is 5.26. The quantitative estimate of drug-likeness (QED) is 0.785. The minimum Gasteiger partial charge on any atom is -0.398 e. The summed E-state index contributed by atoms with van der Waals surface area (Å²) in [6.45, 7) is 3.97. The standard InChI is InChI=1S/C13H15N3S/c1-9-8-17-13(15-9)16-6-5-11-10(7-16)3-2-4-12(11)14/h2-4,8H,5-7,14H2,1H3. The molecule has 0 aliphatic carbocycles. The van der Waals surface area contributed by atoms with Crippen LogP contribution in [0.1, 0.15) is 16.8 Å². The first kappa shape index (κ1) is 10.6. The number of hydrogen-bond acceptors (Lipinski definition) is 4. The number of anilines is 2. The van der Waals surface area contributed by atoms with Gasteiger partial charge in [-0.2, -0.15) is 0 Å². The zero-order chi connectivity index (χ0) is 11.8. The van der Waals surface area contributed by atoms with Gasteiger partial charge >= 0.3 is 0 Å². The number of benzene rings is 1. The predicted molar refractivity (Wildman–Crippen MR) is 72.5 cm³/mol. The summed E-state index contributed by atoms with van der Waals surface area (Å²) in [5, 5.41) is 3.22. The molecule has 0 fully saturated rings. The van der Waals surface area contributed by atoms with Crippen LogP contribution in [-0.2, 0) is 13.0 Å². The van der Waals surface area contributed by atoms with Crippen molar-refractivity contribution in [2.75, 3.05) is 17.2 Å². The summed E-state index contributed by atoms with van der Waals surface area (Å²) in [5.41, 5.74) is 10.7. The fourth-order valence-electron chi connectivity index (χ4n) is 2.29. The first-order valence-corrected chi connectivity index (χ1v) is 6.65. The Morgan fingerprint density at radius 2 is 2.29 bits per heavy atom. The Hall–Kier alpha value is -1.55. The Kier molecular flexibility index (Phi) is 2.52. The van der Waals surface area contributed by atoms with E-state index in [2.05, 4.69) is 21.3 Å². The topological polar surface area (TPSA) is 42.1 Å². The van der Waals surface area contributed by atoms with Crippen molar-refractivity contribution in [2.24, 2.45) is 0 Å². The molecule has 3 nitrogen and oxygen atoms in total. The van der Waals surface area contributed by atoms with E-state index < -0.39 is 0 Å². The highest BCUT2D eigenvalue weighted by atomic mass is 32.1. The van der Waals surface area contributed by atoms with E-state index in [1.807, 2.05) is 19.1 Å². The maximum absolute atomic E-state index is 6.00. The highest BCUT2D eigenvalue weighted by Gasteiger charge is 2.19. The molecule has 4 heteroatoms. The van der Waals surface area contributed by atoms with Crippen molar-refractivity contribution in [1.82, 2.24) is 4.98 Å². The normalized spacial score (nSPS) is 14.8. The molecule has 0 saturated carbocycles. The molecule has 0 spiro atoms. The van der Waals surface area contributed by atoms with Crippen LogP contribution in [0.15, 0.2) is 23.6 Å². The number of nitrogens with zero attached hydrogens (tertiary/aromatic N) is 2. The molecular weight excluding hydrogens is 230 g/mol. The van der Waals surface area contributed by atoms with Crippen molar-refractivity contribution in [3.8, 4) is 0 Å². The van der Waals surface area contributed by atoms with Crippen LogP contribution >= 0.6 is 11.3 Å². The van der Waals surface area contributed by atoms with Gasteiger partial charge in [-0.3, -0.25) is 0 Å². The number of rotatable bonds is 1. The summed E-state index contributed by atoms with van der Waals surface area (Å²) in [6.07, 6.45) is 1.01. The first-order valence-electron chi connectivity index (χ1n) is 5.77. The first-order chi connectivity index (χ1) is 8.24. The third-order valence-electron chi connectivity index (χ3n) is 3.18. The number of aromatic nitrogens is 1. The number of hydrogen-bond donors (Lipinski definition) is 1. The van der Waals surface area contributed by atoms with Crippen LogP contribution in [0, 0.1) is 6.92 Å². The highest BCUT2D eigenvalue weighted by Crippen LogP contribution is 2.29. The molecule has 1 aromatic carbocycles. The average molecular weight is 245 g/mol.